The molecular formula is C17H12Cl2F3N3O2S. The molecule has 148 valence electrons. The Kier molecular flexibility index (Phi) is 5.79. The van der Waals surface area contributed by atoms with Gasteiger partial charge >= 0.3 is 6.18 Å². The van der Waals surface area contributed by atoms with Crippen LogP contribution in [0.5, 0.6) is 0 Å². The number of pyridine rings is 1. The van der Waals surface area contributed by atoms with Gasteiger partial charge in [-0.15, -0.1) is 11.8 Å². The number of amides is 2. The quantitative estimate of drug-likeness (QED) is 0.634. The molecule has 5 nitrogen and oxygen atoms in total. The van der Waals surface area contributed by atoms with E-state index < -0.39 is 28.8 Å². The normalized spacial score (nSPS) is 17.4. The van der Waals surface area contributed by atoms with Crippen LogP contribution >= 0.6 is 35.0 Å². The fourth-order valence-electron chi connectivity index (χ4n) is 2.59. The summed E-state index contributed by atoms with van der Waals surface area (Å²) in [7, 11) is 1.34. The molecule has 11 heteroatoms. The van der Waals surface area contributed by atoms with Gasteiger partial charge in [0.1, 0.15) is 0 Å². The molecule has 2 amide bonds. The second-order valence-electron chi connectivity index (χ2n) is 5.86. The minimum Gasteiger partial charge on any atom is -0.272 e. The van der Waals surface area contributed by atoms with Crippen LogP contribution in [-0.4, -0.2) is 34.1 Å². The Bertz CT molecular complexity index is 925. The number of anilines is 1. The van der Waals surface area contributed by atoms with Crippen molar-refractivity contribution in [1.82, 2.24) is 9.99 Å². The van der Waals surface area contributed by atoms with Gasteiger partial charge in [0.2, 0.25) is 5.91 Å². The number of carbonyl (C=O) groups is 2. The summed E-state index contributed by atoms with van der Waals surface area (Å²) in [5, 5.41) is 1.45. The molecule has 1 saturated heterocycles. The number of halogens is 5. The zero-order valence-electron chi connectivity index (χ0n) is 14.2. The van der Waals surface area contributed by atoms with Gasteiger partial charge in [0.15, 0.2) is 5.82 Å². The van der Waals surface area contributed by atoms with E-state index >= 15 is 0 Å². The zero-order valence-corrected chi connectivity index (χ0v) is 16.5. The summed E-state index contributed by atoms with van der Waals surface area (Å²) in [5.41, 5.74) is -1.02. The second kappa shape index (κ2) is 7.81. The van der Waals surface area contributed by atoms with Gasteiger partial charge in [-0.05, 0) is 30.3 Å². The fourth-order valence-corrected chi connectivity index (χ4v) is 4.06. The van der Waals surface area contributed by atoms with Gasteiger partial charge in [-0.25, -0.2) is 4.98 Å². The zero-order chi connectivity index (χ0) is 20.6. The van der Waals surface area contributed by atoms with Crippen LogP contribution in [0.2, 0.25) is 10.0 Å². The third kappa shape index (κ3) is 4.21. The number of carbonyl (C=O) groups excluding carboxylic acids is 2. The predicted molar refractivity (Wildman–Crippen MR) is 100 cm³/mol. The molecule has 1 atom stereocenters. The number of hydrazine groups is 1. The predicted octanol–water partition coefficient (Wildman–Crippen LogP) is 4.68. The van der Waals surface area contributed by atoms with Crippen molar-refractivity contribution in [3.8, 4) is 0 Å². The molecule has 0 N–H and O–H groups in total. The molecule has 2 heterocycles. The first kappa shape index (κ1) is 20.8. The lowest BCUT2D eigenvalue weighted by atomic mass is 10.3. The van der Waals surface area contributed by atoms with Crippen LogP contribution in [0.15, 0.2) is 41.4 Å². The van der Waals surface area contributed by atoms with E-state index in [1.807, 2.05) is 0 Å². The van der Waals surface area contributed by atoms with E-state index in [2.05, 4.69) is 4.98 Å². The van der Waals surface area contributed by atoms with Crippen molar-refractivity contribution in [2.24, 2.45) is 0 Å². The number of benzene rings is 1. The van der Waals surface area contributed by atoms with Crippen LogP contribution in [0, 0.1) is 0 Å². The van der Waals surface area contributed by atoms with Crippen molar-refractivity contribution in [2.75, 3.05) is 12.1 Å². The number of aromatic nitrogens is 1. The summed E-state index contributed by atoms with van der Waals surface area (Å²) in [6.45, 7) is 0. The number of imide groups is 1. The molecule has 0 spiro atoms. The second-order valence-corrected chi connectivity index (χ2v) is 7.98. The highest BCUT2D eigenvalue weighted by molar-refractivity contribution is 8.00. The summed E-state index contributed by atoms with van der Waals surface area (Å²) >= 11 is 12.9. The lowest BCUT2D eigenvalue weighted by Crippen LogP contribution is -2.45. The van der Waals surface area contributed by atoms with Gasteiger partial charge in [-0.1, -0.05) is 23.2 Å². The molecule has 1 fully saturated rings. The Labute approximate surface area is 172 Å². The van der Waals surface area contributed by atoms with Crippen molar-refractivity contribution in [3.63, 3.8) is 0 Å². The third-order valence-corrected chi connectivity index (χ3v) is 5.66. The minimum atomic E-state index is -4.60. The molecule has 0 radical (unpaired) electrons. The molecule has 1 aliphatic heterocycles. The highest BCUT2D eigenvalue weighted by atomic mass is 35.5. The van der Waals surface area contributed by atoms with E-state index in [1.165, 1.54) is 18.8 Å². The van der Waals surface area contributed by atoms with Gasteiger partial charge in [0.05, 0.1) is 22.3 Å². The Hall–Kier alpha value is -1.97. The van der Waals surface area contributed by atoms with Crippen LogP contribution in [0.1, 0.15) is 12.0 Å². The topological polar surface area (TPSA) is 53.5 Å². The van der Waals surface area contributed by atoms with Crippen molar-refractivity contribution in [3.05, 3.63) is 52.1 Å². The van der Waals surface area contributed by atoms with E-state index in [-0.39, 0.29) is 17.3 Å². The van der Waals surface area contributed by atoms with E-state index in [0.29, 0.717) is 17.3 Å². The number of hydrogen-bond acceptors (Lipinski definition) is 5. The lowest BCUT2D eigenvalue weighted by Gasteiger charge is -2.28. The van der Waals surface area contributed by atoms with Crippen molar-refractivity contribution >= 4 is 52.6 Å². The Morgan fingerprint density at radius 1 is 1.21 bits per heavy atom. The van der Waals surface area contributed by atoms with Crippen LogP contribution in [0.25, 0.3) is 0 Å². The van der Waals surface area contributed by atoms with Gasteiger partial charge in [-0.2, -0.15) is 18.2 Å². The van der Waals surface area contributed by atoms with Crippen LogP contribution < -0.4 is 5.01 Å². The van der Waals surface area contributed by atoms with Crippen molar-refractivity contribution < 1.29 is 22.8 Å². The molecule has 2 aromatic rings. The Balaban J connectivity index is 1.80. The number of nitrogens with zero attached hydrogens (tertiary/aromatic N) is 3. The SMILES string of the molecule is CN(c1ncc(C(F)(F)F)cc1Cl)N1C(=O)CC(Sc2ccc(Cl)cc2)C1=O. The highest BCUT2D eigenvalue weighted by Gasteiger charge is 2.42. The monoisotopic (exact) mass is 449 g/mol. The highest BCUT2D eigenvalue weighted by Crippen LogP contribution is 2.36. The number of hydrogen-bond donors (Lipinski definition) is 0. The first-order chi connectivity index (χ1) is 13.1. The molecule has 0 aliphatic carbocycles. The average molecular weight is 450 g/mol. The average Bonchev–Trinajstić information content (AvgIpc) is 2.89. The van der Waals surface area contributed by atoms with Crippen molar-refractivity contribution in [2.45, 2.75) is 22.7 Å². The Morgan fingerprint density at radius 3 is 2.43 bits per heavy atom. The third-order valence-electron chi connectivity index (χ3n) is 3.93. The van der Waals surface area contributed by atoms with E-state index in [9.17, 15) is 22.8 Å². The molecule has 1 aromatic carbocycles. The first-order valence-electron chi connectivity index (χ1n) is 7.83. The maximum Gasteiger partial charge on any atom is 0.417 e. The summed E-state index contributed by atoms with van der Waals surface area (Å²) < 4.78 is 38.3. The van der Waals surface area contributed by atoms with E-state index in [1.54, 1.807) is 24.3 Å². The summed E-state index contributed by atoms with van der Waals surface area (Å²) in [6, 6.07) is 7.49. The van der Waals surface area contributed by atoms with E-state index in [4.69, 9.17) is 23.2 Å². The molecule has 28 heavy (non-hydrogen) atoms. The van der Waals surface area contributed by atoms with Gasteiger partial charge < -0.3 is 0 Å². The molecule has 1 aromatic heterocycles. The van der Waals surface area contributed by atoms with E-state index in [0.717, 1.165) is 14.9 Å². The van der Waals surface area contributed by atoms with Crippen LogP contribution in [0.4, 0.5) is 19.0 Å². The first-order valence-corrected chi connectivity index (χ1v) is 9.47. The molecule has 0 saturated carbocycles. The number of rotatable bonds is 4. The maximum absolute atomic E-state index is 12.8. The lowest BCUT2D eigenvalue weighted by molar-refractivity contribution is -0.139. The summed E-state index contributed by atoms with van der Waals surface area (Å²) in [4.78, 5) is 29.5. The van der Waals surface area contributed by atoms with Gasteiger partial charge in [0, 0.05) is 23.2 Å². The molecule has 3 rings (SSSR count). The molecular weight excluding hydrogens is 438 g/mol. The minimum absolute atomic E-state index is 0.0608. The van der Waals surface area contributed by atoms with Gasteiger partial charge in [0.25, 0.3) is 5.91 Å². The number of thioether (sulfide) groups is 1. The Morgan fingerprint density at radius 2 is 1.86 bits per heavy atom. The maximum atomic E-state index is 12.8. The molecule has 0 bridgehead atoms. The van der Waals surface area contributed by atoms with Crippen LogP contribution in [0.3, 0.4) is 0 Å². The fraction of sp³-hybridized carbons (Fsp3) is 0.235. The number of alkyl halides is 3. The summed E-state index contributed by atoms with van der Waals surface area (Å²) in [5.74, 6) is -1.14. The largest absolute Gasteiger partial charge is 0.417 e. The van der Waals surface area contributed by atoms with Gasteiger partial charge in [-0.3, -0.25) is 14.6 Å². The van der Waals surface area contributed by atoms with Crippen LogP contribution in [-0.2, 0) is 15.8 Å². The molecule has 1 unspecified atom stereocenters. The van der Waals surface area contributed by atoms with Crippen molar-refractivity contribution in [1.29, 1.82) is 0 Å². The molecule has 1 aliphatic rings. The summed E-state index contributed by atoms with van der Waals surface area (Å²) in [6.07, 6.45) is -4.06. The standard InChI is InChI=1S/C17H12Cl2F3N3O2S/c1-24(15-12(19)6-9(8-23-15)17(20,21)22)25-14(26)7-13(16(25)27)28-11-4-2-10(18)3-5-11/h2-6,8,13H,7H2,1H3. The smallest absolute Gasteiger partial charge is 0.272 e.